The monoisotopic (exact) mass is 525 g/mol. The summed E-state index contributed by atoms with van der Waals surface area (Å²) in [5, 5.41) is 0. The molecule has 0 saturated heterocycles. The van der Waals surface area contributed by atoms with E-state index in [2.05, 4.69) is 32.6 Å². The normalized spacial score (nSPS) is 15.2. The van der Waals surface area contributed by atoms with Crippen LogP contribution in [0.15, 0.2) is 0 Å². The van der Waals surface area contributed by atoms with Gasteiger partial charge < -0.3 is 22.1 Å². The predicted molar refractivity (Wildman–Crippen MR) is 168 cm³/mol. The second-order valence-electron chi connectivity index (χ2n) is 12.3. The van der Waals surface area contributed by atoms with Gasteiger partial charge in [0.2, 0.25) is 0 Å². The van der Waals surface area contributed by atoms with Gasteiger partial charge in [0.1, 0.15) is 0 Å². The number of nitrogens with two attached hydrogens (primary N) is 3. The topological polar surface area (TPSA) is 81.3 Å². The molecule has 6 N–H and O–H groups in total. The molecule has 0 bridgehead atoms. The minimum absolute atomic E-state index is 0.0397. The van der Waals surface area contributed by atoms with Crippen molar-refractivity contribution in [3.63, 3.8) is 0 Å². The van der Waals surface area contributed by atoms with Gasteiger partial charge in [-0.25, -0.2) is 0 Å². The molecule has 0 fully saturated rings. The van der Waals surface area contributed by atoms with Crippen LogP contribution in [-0.4, -0.2) is 42.7 Å². The zero-order valence-electron chi connectivity index (χ0n) is 26.2. The third-order valence-electron chi connectivity index (χ3n) is 8.24. The minimum Gasteiger partial charge on any atom is -0.327 e. The maximum atomic E-state index is 6.84. The molecule has 0 heterocycles. The molecule has 37 heavy (non-hydrogen) atoms. The Morgan fingerprint density at radius 3 is 1.35 bits per heavy atom. The van der Waals surface area contributed by atoms with Gasteiger partial charge in [0.05, 0.1) is 0 Å². The van der Waals surface area contributed by atoms with Gasteiger partial charge in [-0.2, -0.15) is 0 Å². The Hall–Kier alpha value is -0.160. The van der Waals surface area contributed by atoms with Gasteiger partial charge in [-0.15, -0.1) is 0 Å². The molecule has 0 rings (SSSR count). The summed E-state index contributed by atoms with van der Waals surface area (Å²) in [4.78, 5) is 2.51. The molecular weight excluding hydrogens is 452 g/mol. The van der Waals surface area contributed by atoms with Crippen LogP contribution >= 0.6 is 0 Å². The summed E-state index contributed by atoms with van der Waals surface area (Å²) in [5.41, 5.74) is 19.8. The lowest BCUT2D eigenvalue weighted by atomic mass is 9.85. The molecule has 0 saturated carbocycles. The summed E-state index contributed by atoms with van der Waals surface area (Å²) in [5.74, 6) is 0.560. The first-order valence-electron chi connectivity index (χ1n) is 16.9. The van der Waals surface area contributed by atoms with Crippen molar-refractivity contribution < 1.29 is 0 Å². The molecule has 224 valence electrons. The van der Waals surface area contributed by atoms with Crippen molar-refractivity contribution >= 4 is 0 Å². The van der Waals surface area contributed by atoms with Crippen LogP contribution in [0.1, 0.15) is 169 Å². The first-order chi connectivity index (χ1) is 18.0. The van der Waals surface area contributed by atoms with Gasteiger partial charge in [0.25, 0.3) is 0 Å². The fraction of sp³-hybridized carbons (Fsp3) is 1.00. The Morgan fingerprint density at radius 2 is 0.892 bits per heavy atom. The van der Waals surface area contributed by atoms with E-state index in [4.69, 9.17) is 17.2 Å². The SMILES string of the molecule is CCCCCCCCCCCCCN(CC(C)N)CC(N)C(N)C(CCCC)CCCCCCCCC. The van der Waals surface area contributed by atoms with Crippen LogP contribution in [-0.2, 0) is 0 Å². The Balaban J connectivity index is 4.36. The largest absolute Gasteiger partial charge is 0.327 e. The van der Waals surface area contributed by atoms with E-state index in [9.17, 15) is 0 Å². The number of hydrogen-bond acceptors (Lipinski definition) is 4. The second kappa shape index (κ2) is 27.4. The summed E-state index contributed by atoms with van der Waals surface area (Å²) in [6.45, 7) is 11.9. The van der Waals surface area contributed by atoms with Crippen LogP contribution in [0.2, 0.25) is 0 Å². The fourth-order valence-corrected chi connectivity index (χ4v) is 5.79. The minimum atomic E-state index is 0.0397. The number of unbranched alkanes of at least 4 members (excludes halogenated alkanes) is 17. The van der Waals surface area contributed by atoms with Crippen molar-refractivity contribution in [2.45, 2.75) is 187 Å². The third kappa shape index (κ3) is 23.4. The first-order valence-corrected chi connectivity index (χ1v) is 16.9. The number of rotatable bonds is 29. The lowest BCUT2D eigenvalue weighted by Gasteiger charge is -2.33. The van der Waals surface area contributed by atoms with Gasteiger partial charge in [-0.1, -0.05) is 143 Å². The van der Waals surface area contributed by atoms with Gasteiger partial charge in [-0.3, -0.25) is 0 Å². The van der Waals surface area contributed by atoms with Crippen molar-refractivity contribution in [2.75, 3.05) is 19.6 Å². The molecule has 0 aliphatic rings. The van der Waals surface area contributed by atoms with E-state index in [1.54, 1.807) is 0 Å². The van der Waals surface area contributed by atoms with Crippen molar-refractivity contribution in [3.05, 3.63) is 0 Å². The molecule has 4 atom stereocenters. The molecular formula is C33H72N4. The van der Waals surface area contributed by atoms with E-state index in [0.29, 0.717) is 5.92 Å². The Labute approximate surface area is 234 Å². The Morgan fingerprint density at radius 1 is 0.486 bits per heavy atom. The zero-order valence-corrected chi connectivity index (χ0v) is 26.2. The lowest BCUT2D eigenvalue weighted by Crippen LogP contribution is -2.53. The highest BCUT2D eigenvalue weighted by atomic mass is 15.1. The van der Waals surface area contributed by atoms with Gasteiger partial charge in [0, 0.05) is 31.2 Å². The number of nitrogens with zero attached hydrogens (tertiary/aromatic N) is 1. The molecule has 0 aliphatic heterocycles. The van der Waals surface area contributed by atoms with Crippen LogP contribution in [0, 0.1) is 5.92 Å². The molecule has 4 heteroatoms. The second-order valence-corrected chi connectivity index (χ2v) is 12.3. The van der Waals surface area contributed by atoms with Crippen LogP contribution < -0.4 is 17.2 Å². The Bertz CT molecular complexity index is 442. The molecule has 4 unspecified atom stereocenters. The maximum absolute atomic E-state index is 6.84. The van der Waals surface area contributed by atoms with Crippen LogP contribution in [0.3, 0.4) is 0 Å². The smallest absolute Gasteiger partial charge is 0.0324 e. The quantitative estimate of drug-likeness (QED) is 0.0856. The summed E-state index contributed by atoms with van der Waals surface area (Å²) < 4.78 is 0. The van der Waals surface area contributed by atoms with E-state index >= 15 is 0 Å². The van der Waals surface area contributed by atoms with Gasteiger partial charge >= 0.3 is 0 Å². The average Bonchev–Trinajstić information content (AvgIpc) is 2.87. The van der Waals surface area contributed by atoms with Gasteiger partial charge in [0.15, 0.2) is 0 Å². The van der Waals surface area contributed by atoms with Crippen molar-refractivity contribution in [1.82, 2.24) is 4.90 Å². The van der Waals surface area contributed by atoms with Gasteiger partial charge in [-0.05, 0) is 38.6 Å². The van der Waals surface area contributed by atoms with Crippen LogP contribution in [0.4, 0.5) is 0 Å². The third-order valence-corrected chi connectivity index (χ3v) is 8.24. The highest BCUT2D eigenvalue weighted by Crippen LogP contribution is 2.22. The predicted octanol–water partition coefficient (Wildman–Crippen LogP) is 8.55. The van der Waals surface area contributed by atoms with Crippen molar-refractivity contribution in [1.29, 1.82) is 0 Å². The van der Waals surface area contributed by atoms with E-state index in [1.807, 2.05) is 0 Å². The molecule has 0 radical (unpaired) electrons. The Kier molecular flexibility index (Phi) is 27.3. The van der Waals surface area contributed by atoms with E-state index in [1.165, 1.54) is 141 Å². The van der Waals surface area contributed by atoms with Crippen molar-refractivity contribution in [3.8, 4) is 0 Å². The molecule has 4 nitrogen and oxygen atoms in total. The van der Waals surface area contributed by atoms with E-state index < -0.39 is 0 Å². The van der Waals surface area contributed by atoms with E-state index in [-0.39, 0.29) is 18.1 Å². The molecule has 0 aliphatic carbocycles. The standard InChI is InChI=1S/C33H72N4/c1-5-8-11-13-15-16-17-18-20-22-24-27-37(28-30(4)34)29-32(35)33(36)31(25-10-7-3)26-23-21-19-14-12-9-6-2/h30-33H,5-29,34-36H2,1-4H3. The molecule has 0 aromatic carbocycles. The maximum Gasteiger partial charge on any atom is 0.0324 e. The first kappa shape index (κ1) is 36.8. The molecule has 0 aromatic rings. The van der Waals surface area contributed by atoms with Crippen molar-refractivity contribution in [2.24, 2.45) is 23.1 Å². The molecule has 0 spiro atoms. The summed E-state index contributed by atoms with van der Waals surface area (Å²) in [6, 6.07) is 0.317. The summed E-state index contributed by atoms with van der Waals surface area (Å²) >= 11 is 0. The van der Waals surface area contributed by atoms with E-state index in [0.717, 1.165) is 19.6 Å². The molecule has 0 amide bonds. The lowest BCUT2D eigenvalue weighted by molar-refractivity contribution is 0.208. The zero-order chi connectivity index (χ0) is 27.6. The summed E-state index contributed by atoms with van der Waals surface area (Å²) in [7, 11) is 0. The summed E-state index contributed by atoms with van der Waals surface area (Å²) in [6.07, 6.45) is 29.7. The fourth-order valence-electron chi connectivity index (χ4n) is 5.79. The average molecular weight is 525 g/mol. The molecule has 0 aromatic heterocycles. The van der Waals surface area contributed by atoms with Crippen LogP contribution in [0.5, 0.6) is 0 Å². The number of hydrogen-bond donors (Lipinski definition) is 3. The highest BCUT2D eigenvalue weighted by molar-refractivity contribution is 4.86. The highest BCUT2D eigenvalue weighted by Gasteiger charge is 2.25. The van der Waals surface area contributed by atoms with Crippen LogP contribution in [0.25, 0.3) is 0 Å².